The van der Waals surface area contributed by atoms with E-state index in [1.807, 2.05) is 6.92 Å². The summed E-state index contributed by atoms with van der Waals surface area (Å²) in [5, 5.41) is 17.1. The molecule has 0 aliphatic carbocycles. The van der Waals surface area contributed by atoms with Crippen LogP contribution in [-0.4, -0.2) is 21.0 Å². The number of nitriles is 1. The summed E-state index contributed by atoms with van der Waals surface area (Å²) >= 11 is 0. The zero-order valence-electron chi connectivity index (χ0n) is 12.6. The maximum atomic E-state index is 12.2. The predicted octanol–water partition coefficient (Wildman–Crippen LogP) is 2.68. The molecule has 0 N–H and O–H groups in total. The number of aromatic nitrogens is 3. The average Bonchev–Trinajstić information content (AvgIpc) is 3.02. The molecule has 0 saturated carbocycles. The molecule has 0 aliphatic heterocycles. The Balaban J connectivity index is 1.77. The van der Waals surface area contributed by atoms with Crippen LogP contribution in [0.5, 0.6) is 0 Å². The van der Waals surface area contributed by atoms with E-state index < -0.39 is 5.97 Å². The van der Waals surface area contributed by atoms with Crippen LogP contribution in [0.15, 0.2) is 42.5 Å². The van der Waals surface area contributed by atoms with Gasteiger partial charge in [0.2, 0.25) is 0 Å². The van der Waals surface area contributed by atoms with E-state index in [4.69, 9.17) is 10.00 Å². The second kappa shape index (κ2) is 6.28. The Labute approximate surface area is 132 Å². The Bertz CT molecular complexity index is 908. The van der Waals surface area contributed by atoms with Gasteiger partial charge in [0.1, 0.15) is 12.1 Å². The second-order valence-corrected chi connectivity index (χ2v) is 4.95. The van der Waals surface area contributed by atoms with Gasteiger partial charge in [-0.1, -0.05) is 23.4 Å². The molecule has 0 radical (unpaired) electrons. The zero-order chi connectivity index (χ0) is 16.2. The molecule has 6 heteroatoms. The number of rotatable bonds is 4. The van der Waals surface area contributed by atoms with Gasteiger partial charge >= 0.3 is 5.97 Å². The Morgan fingerprint density at radius 1 is 1.30 bits per heavy atom. The van der Waals surface area contributed by atoms with Crippen LogP contribution < -0.4 is 0 Å². The van der Waals surface area contributed by atoms with Crippen molar-refractivity contribution in [3.05, 3.63) is 59.2 Å². The fourth-order valence-electron chi connectivity index (χ4n) is 2.31. The molecule has 0 fully saturated rings. The highest BCUT2D eigenvalue weighted by Gasteiger charge is 2.12. The third-order valence-electron chi connectivity index (χ3n) is 3.55. The lowest BCUT2D eigenvalue weighted by atomic mass is 10.1. The van der Waals surface area contributed by atoms with Crippen molar-refractivity contribution in [3.8, 4) is 6.07 Å². The molecule has 6 nitrogen and oxygen atoms in total. The summed E-state index contributed by atoms with van der Waals surface area (Å²) in [6.45, 7) is 2.75. The molecule has 0 unspecified atom stereocenters. The van der Waals surface area contributed by atoms with Gasteiger partial charge in [-0.05, 0) is 31.2 Å². The molecule has 0 bridgehead atoms. The van der Waals surface area contributed by atoms with E-state index in [0.717, 1.165) is 5.52 Å². The first-order valence-corrected chi connectivity index (χ1v) is 7.21. The topological polar surface area (TPSA) is 80.8 Å². The molecule has 23 heavy (non-hydrogen) atoms. The number of aryl methyl sites for hydroxylation is 1. The summed E-state index contributed by atoms with van der Waals surface area (Å²) in [4.78, 5) is 12.2. The lowest BCUT2D eigenvalue weighted by molar-refractivity contribution is 0.0472. The third kappa shape index (κ3) is 2.90. The SMILES string of the molecule is CCn1nnc2cc(C(=O)OCc3ccccc3C#N)ccc21. The quantitative estimate of drug-likeness (QED) is 0.692. The molecule has 0 aliphatic rings. The molecule has 3 rings (SSSR count). The van der Waals surface area contributed by atoms with Gasteiger partial charge in [0.25, 0.3) is 0 Å². The smallest absolute Gasteiger partial charge is 0.338 e. The number of benzene rings is 2. The Morgan fingerprint density at radius 2 is 2.13 bits per heavy atom. The van der Waals surface area contributed by atoms with Crippen LogP contribution in [0.2, 0.25) is 0 Å². The maximum absolute atomic E-state index is 12.2. The fraction of sp³-hybridized carbons (Fsp3) is 0.176. The second-order valence-electron chi connectivity index (χ2n) is 4.95. The van der Waals surface area contributed by atoms with Crippen molar-refractivity contribution in [2.45, 2.75) is 20.1 Å². The standard InChI is InChI=1S/C17H14N4O2/c1-2-21-16-8-7-12(9-15(16)19-20-21)17(22)23-11-14-6-4-3-5-13(14)10-18/h3-9H,2,11H2,1H3. The predicted molar refractivity (Wildman–Crippen MR) is 83.5 cm³/mol. The summed E-state index contributed by atoms with van der Waals surface area (Å²) in [5.74, 6) is -0.453. The van der Waals surface area contributed by atoms with E-state index in [2.05, 4.69) is 16.4 Å². The van der Waals surface area contributed by atoms with Crippen LogP contribution in [0.4, 0.5) is 0 Å². The van der Waals surface area contributed by atoms with E-state index in [1.165, 1.54) is 0 Å². The molecule has 1 heterocycles. The van der Waals surface area contributed by atoms with Crippen molar-refractivity contribution in [2.75, 3.05) is 0 Å². The number of nitrogens with zero attached hydrogens (tertiary/aromatic N) is 4. The molecule has 1 aromatic heterocycles. The van der Waals surface area contributed by atoms with Crippen molar-refractivity contribution in [1.82, 2.24) is 15.0 Å². The summed E-state index contributed by atoms with van der Waals surface area (Å²) < 4.78 is 7.05. The first-order valence-electron chi connectivity index (χ1n) is 7.21. The van der Waals surface area contributed by atoms with E-state index in [-0.39, 0.29) is 6.61 Å². The highest BCUT2D eigenvalue weighted by atomic mass is 16.5. The van der Waals surface area contributed by atoms with Crippen molar-refractivity contribution >= 4 is 17.0 Å². The van der Waals surface area contributed by atoms with Gasteiger partial charge in [-0.25, -0.2) is 9.48 Å². The van der Waals surface area contributed by atoms with Gasteiger partial charge in [-0.3, -0.25) is 0 Å². The number of ether oxygens (including phenoxy) is 1. The van der Waals surface area contributed by atoms with Crippen LogP contribution in [0.25, 0.3) is 11.0 Å². The monoisotopic (exact) mass is 306 g/mol. The number of esters is 1. The van der Waals surface area contributed by atoms with Gasteiger partial charge in [0.15, 0.2) is 0 Å². The van der Waals surface area contributed by atoms with Crippen LogP contribution in [0.1, 0.15) is 28.4 Å². The minimum atomic E-state index is -0.453. The largest absolute Gasteiger partial charge is 0.457 e. The first-order chi connectivity index (χ1) is 11.2. The van der Waals surface area contributed by atoms with Gasteiger partial charge in [0.05, 0.1) is 22.7 Å². The van der Waals surface area contributed by atoms with E-state index in [9.17, 15) is 4.79 Å². The summed E-state index contributed by atoms with van der Waals surface area (Å²) in [6, 6.07) is 14.3. The van der Waals surface area contributed by atoms with Crippen LogP contribution >= 0.6 is 0 Å². The molecular weight excluding hydrogens is 292 g/mol. The van der Waals surface area contributed by atoms with Gasteiger partial charge < -0.3 is 4.74 Å². The minimum Gasteiger partial charge on any atom is -0.457 e. The van der Waals surface area contributed by atoms with E-state index >= 15 is 0 Å². The fourth-order valence-corrected chi connectivity index (χ4v) is 2.31. The molecule has 0 spiro atoms. The molecule has 0 amide bonds. The highest BCUT2D eigenvalue weighted by molar-refractivity contribution is 5.93. The molecule has 114 valence electrons. The van der Waals surface area contributed by atoms with E-state index in [0.29, 0.717) is 28.8 Å². The number of hydrogen-bond acceptors (Lipinski definition) is 5. The normalized spacial score (nSPS) is 10.4. The highest BCUT2D eigenvalue weighted by Crippen LogP contribution is 2.15. The lowest BCUT2D eigenvalue weighted by Crippen LogP contribution is -2.06. The summed E-state index contributed by atoms with van der Waals surface area (Å²) in [6.07, 6.45) is 0. The van der Waals surface area contributed by atoms with Gasteiger partial charge in [0, 0.05) is 12.1 Å². The van der Waals surface area contributed by atoms with Crippen molar-refractivity contribution in [2.24, 2.45) is 0 Å². The average molecular weight is 306 g/mol. The first kappa shape index (κ1) is 14.7. The van der Waals surface area contributed by atoms with Crippen molar-refractivity contribution in [3.63, 3.8) is 0 Å². The molecule has 0 saturated heterocycles. The summed E-state index contributed by atoms with van der Waals surface area (Å²) in [7, 11) is 0. The van der Waals surface area contributed by atoms with Gasteiger partial charge in [-0.15, -0.1) is 5.10 Å². The molecule has 2 aromatic carbocycles. The van der Waals surface area contributed by atoms with Crippen LogP contribution in [-0.2, 0) is 17.9 Å². The number of carbonyl (C=O) groups excluding carboxylic acids is 1. The number of carbonyl (C=O) groups is 1. The Hall–Kier alpha value is -3.20. The Morgan fingerprint density at radius 3 is 2.91 bits per heavy atom. The number of hydrogen-bond donors (Lipinski definition) is 0. The minimum absolute atomic E-state index is 0.0578. The molecule has 0 atom stereocenters. The number of fused-ring (bicyclic) bond motifs is 1. The lowest BCUT2D eigenvalue weighted by Gasteiger charge is -2.06. The van der Waals surface area contributed by atoms with Crippen molar-refractivity contribution in [1.29, 1.82) is 5.26 Å². The molecule has 3 aromatic rings. The Kier molecular flexibility index (Phi) is 4.02. The van der Waals surface area contributed by atoms with Crippen LogP contribution in [0.3, 0.4) is 0 Å². The van der Waals surface area contributed by atoms with Crippen LogP contribution in [0, 0.1) is 11.3 Å². The van der Waals surface area contributed by atoms with Gasteiger partial charge in [-0.2, -0.15) is 5.26 Å². The third-order valence-corrected chi connectivity index (χ3v) is 3.55. The zero-order valence-corrected chi connectivity index (χ0v) is 12.6. The maximum Gasteiger partial charge on any atom is 0.338 e. The molecular formula is C17H14N4O2. The summed E-state index contributed by atoms with van der Waals surface area (Å²) in [5.41, 5.74) is 3.12. The van der Waals surface area contributed by atoms with Crippen molar-refractivity contribution < 1.29 is 9.53 Å². The van der Waals surface area contributed by atoms with E-state index in [1.54, 1.807) is 47.1 Å².